The Kier molecular flexibility index (Phi) is 3.92. The van der Waals surface area contributed by atoms with Gasteiger partial charge in [0.1, 0.15) is 6.10 Å². The van der Waals surface area contributed by atoms with Gasteiger partial charge in [-0.15, -0.1) is 0 Å². The molecule has 5 nitrogen and oxygen atoms in total. The van der Waals surface area contributed by atoms with Crippen LogP contribution in [-0.4, -0.2) is 54.9 Å². The van der Waals surface area contributed by atoms with E-state index in [0.717, 1.165) is 19.3 Å². The van der Waals surface area contributed by atoms with E-state index in [4.69, 9.17) is 4.74 Å². The van der Waals surface area contributed by atoms with Gasteiger partial charge in [-0.3, -0.25) is 4.79 Å². The van der Waals surface area contributed by atoms with Crippen molar-refractivity contribution in [2.24, 2.45) is 11.8 Å². The molecule has 1 unspecified atom stereocenters. The van der Waals surface area contributed by atoms with Gasteiger partial charge in [0.15, 0.2) is 0 Å². The average molecular weight is 304 g/mol. The van der Waals surface area contributed by atoms with Crippen LogP contribution >= 0.6 is 0 Å². The molecule has 1 aliphatic heterocycles. The number of piperidine rings is 1. The lowest BCUT2D eigenvalue weighted by Crippen LogP contribution is -2.54. The summed E-state index contributed by atoms with van der Waals surface area (Å²) in [6.07, 6.45) is 1.27. The van der Waals surface area contributed by atoms with Crippen LogP contribution in [0.2, 0.25) is 0 Å². The largest absolute Gasteiger partial charge is 0.391 e. The molecule has 21 heavy (non-hydrogen) atoms. The topological polar surface area (TPSA) is 70.6 Å². The number of hydrogen-bond acceptors (Lipinski definition) is 4. The molecule has 0 radical (unpaired) electrons. The van der Waals surface area contributed by atoms with Crippen LogP contribution in [0, 0.1) is 11.8 Å². The Labute approximate surface area is 122 Å². The van der Waals surface area contributed by atoms with Crippen LogP contribution in [0.3, 0.4) is 0 Å². The maximum Gasteiger partial charge on any atom is 0.290 e. The van der Waals surface area contributed by atoms with Crippen molar-refractivity contribution in [2.45, 2.75) is 55.9 Å². The number of hydrogen-bond donors (Lipinski definition) is 3. The van der Waals surface area contributed by atoms with Crippen LogP contribution in [0.1, 0.15) is 25.7 Å². The molecule has 7 heteroatoms. The minimum Gasteiger partial charge on any atom is -0.391 e. The fourth-order valence-electron chi connectivity index (χ4n) is 3.69. The molecule has 0 aromatic carbocycles. The Bertz CT molecular complexity index is 415. The second-order valence-electron chi connectivity index (χ2n) is 6.52. The fraction of sp³-hybridized carbons (Fsp3) is 0.929. The van der Waals surface area contributed by atoms with Gasteiger partial charge in [0.05, 0.1) is 18.7 Å². The highest BCUT2D eigenvalue weighted by atomic mass is 19.3. The lowest BCUT2D eigenvalue weighted by atomic mass is 9.98. The van der Waals surface area contributed by atoms with Crippen molar-refractivity contribution in [1.29, 1.82) is 0 Å². The van der Waals surface area contributed by atoms with E-state index in [0.29, 0.717) is 6.42 Å². The normalized spacial score (nSPS) is 36.8. The number of aliphatic hydroxyl groups excluding tert-OH is 1. The minimum atomic E-state index is -3.05. The van der Waals surface area contributed by atoms with Crippen LogP contribution in [-0.2, 0) is 9.53 Å². The van der Waals surface area contributed by atoms with Crippen molar-refractivity contribution in [3.63, 3.8) is 0 Å². The van der Waals surface area contributed by atoms with Crippen LogP contribution in [0.4, 0.5) is 8.78 Å². The number of nitrogens with one attached hydrogen (secondary N) is 2. The zero-order valence-electron chi connectivity index (χ0n) is 12.0. The molecule has 1 heterocycles. The van der Waals surface area contributed by atoms with Gasteiger partial charge in [0.2, 0.25) is 5.91 Å². The lowest BCUT2D eigenvalue weighted by molar-refractivity contribution is -0.140. The average Bonchev–Trinajstić information content (AvgIpc) is 3.07. The Morgan fingerprint density at radius 3 is 2.67 bits per heavy atom. The maximum absolute atomic E-state index is 14.1. The van der Waals surface area contributed by atoms with Crippen molar-refractivity contribution in [1.82, 2.24) is 10.6 Å². The number of halogens is 2. The summed E-state index contributed by atoms with van der Waals surface area (Å²) < 4.78 is 33.1. The van der Waals surface area contributed by atoms with Gasteiger partial charge in [0.25, 0.3) is 5.92 Å². The smallest absolute Gasteiger partial charge is 0.290 e. The number of carbonyl (C=O) groups excluding carboxylic acids is 1. The van der Waals surface area contributed by atoms with Gasteiger partial charge < -0.3 is 20.5 Å². The minimum absolute atomic E-state index is 0.0419. The van der Waals surface area contributed by atoms with Crippen molar-refractivity contribution < 1.29 is 23.4 Å². The van der Waals surface area contributed by atoms with Gasteiger partial charge in [0, 0.05) is 13.2 Å². The monoisotopic (exact) mass is 304 g/mol. The second-order valence-corrected chi connectivity index (χ2v) is 6.52. The molecule has 5 atom stereocenters. The second kappa shape index (κ2) is 5.44. The summed E-state index contributed by atoms with van der Waals surface area (Å²) in [5, 5.41) is 15.0. The molecule has 1 saturated heterocycles. The van der Waals surface area contributed by atoms with Gasteiger partial charge in [-0.05, 0) is 37.5 Å². The first-order valence-corrected chi connectivity index (χ1v) is 7.55. The molecule has 2 saturated carbocycles. The first-order valence-electron chi connectivity index (χ1n) is 7.55. The Morgan fingerprint density at radius 1 is 1.48 bits per heavy atom. The van der Waals surface area contributed by atoms with Gasteiger partial charge in [-0.2, -0.15) is 0 Å². The first-order chi connectivity index (χ1) is 9.92. The van der Waals surface area contributed by atoms with Gasteiger partial charge in [-0.25, -0.2) is 8.78 Å². The number of carbonyl (C=O) groups is 1. The summed E-state index contributed by atoms with van der Waals surface area (Å²) in [4.78, 5) is 12.1. The standard InChI is InChI=1S/C14H22F2N2O3/c1-21-12(7-2-3-7)14(15,16)6-17-13(20)11-8-4-9(18-11)10(19)5-8/h7-12,18-19H,2-6H2,1H3,(H,17,20)/t8-,9+,10+,11+,12?/m0/s1. The third kappa shape index (κ3) is 2.91. The van der Waals surface area contributed by atoms with Crippen LogP contribution in [0.25, 0.3) is 0 Å². The Balaban J connectivity index is 1.51. The predicted molar refractivity (Wildman–Crippen MR) is 70.9 cm³/mol. The molecule has 3 rings (SSSR count). The Hall–Kier alpha value is -0.790. The molecule has 3 fully saturated rings. The van der Waals surface area contributed by atoms with E-state index in [-0.39, 0.29) is 17.9 Å². The third-order valence-electron chi connectivity index (χ3n) is 4.93. The summed E-state index contributed by atoms with van der Waals surface area (Å²) in [6, 6.07) is -0.541. The van der Waals surface area contributed by atoms with Crippen molar-refractivity contribution >= 4 is 5.91 Å². The van der Waals surface area contributed by atoms with E-state index in [1.165, 1.54) is 7.11 Å². The zero-order chi connectivity index (χ0) is 15.2. The van der Waals surface area contributed by atoms with E-state index < -0.39 is 36.6 Å². The number of fused-ring (bicyclic) bond motifs is 2. The number of alkyl halides is 2. The highest BCUT2D eigenvalue weighted by molar-refractivity contribution is 5.82. The van der Waals surface area contributed by atoms with E-state index >= 15 is 0 Å². The van der Waals surface area contributed by atoms with Crippen molar-refractivity contribution in [3.05, 3.63) is 0 Å². The molecule has 0 spiro atoms. The summed E-state index contributed by atoms with van der Waals surface area (Å²) in [5.74, 6) is -3.51. The maximum atomic E-state index is 14.1. The van der Waals surface area contributed by atoms with E-state index in [1.54, 1.807) is 0 Å². The molecule has 0 aromatic rings. The van der Waals surface area contributed by atoms with Crippen LogP contribution in [0.5, 0.6) is 0 Å². The fourth-order valence-corrected chi connectivity index (χ4v) is 3.69. The lowest BCUT2D eigenvalue weighted by Gasteiger charge is -2.29. The van der Waals surface area contributed by atoms with Gasteiger partial charge in [-0.1, -0.05) is 0 Å². The first kappa shape index (κ1) is 15.1. The summed E-state index contributed by atoms with van der Waals surface area (Å²) in [6.45, 7) is -0.695. The number of ether oxygens (including phenoxy) is 1. The molecular weight excluding hydrogens is 282 g/mol. The quantitative estimate of drug-likeness (QED) is 0.659. The molecule has 0 aromatic heterocycles. The molecule has 3 aliphatic rings. The van der Waals surface area contributed by atoms with Crippen molar-refractivity contribution in [3.8, 4) is 0 Å². The number of amides is 1. The molecule has 120 valence electrons. The zero-order valence-corrected chi connectivity index (χ0v) is 12.0. The highest BCUT2D eigenvalue weighted by Crippen LogP contribution is 2.41. The summed E-state index contributed by atoms with van der Waals surface area (Å²) in [5.41, 5.74) is 0. The SMILES string of the molecule is COC(C1CC1)C(F)(F)CNC(=O)[C@@H]1N[C@@H]2C[C@H]1C[C@H]2O. The Morgan fingerprint density at radius 2 is 2.19 bits per heavy atom. The molecule has 2 aliphatic carbocycles. The molecule has 1 amide bonds. The molecular formula is C14H22F2N2O3. The molecule has 2 bridgehead atoms. The van der Waals surface area contributed by atoms with Crippen LogP contribution in [0.15, 0.2) is 0 Å². The summed E-state index contributed by atoms with van der Waals surface area (Å²) in [7, 11) is 1.29. The van der Waals surface area contributed by atoms with Crippen molar-refractivity contribution in [2.75, 3.05) is 13.7 Å². The number of aliphatic hydroxyl groups is 1. The number of rotatable bonds is 6. The van der Waals surface area contributed by atoms with Gasteiger partial charge >= 0.3 is 0 Å². The van der Waals surface area contributed by atoms with Crippen LogP contribution < -0.4 is 10.6 Å². The predicted octanol–water partition coefficient (Wildman–Crippen LogP) is 0.274. The number of methoxy groups -OCH3 is 1. The molecule has 3 N–H and O–H groups in total. The highest BCUT2D eigenvalue weighted by Gasteiger charge is 2.51. The summed E-state index contributed by atoms with van der Waals surface area (Å²) >= 11 is 0. The van der Waals surface area contributed by atoms with E-state index in [9.17, 15) is 18.7 Å². The van der Waals surface area contributed by atoms with E-state index in [2.05, 4.69) is 10.6 Å². The van der Waals surface area contributed by atoms with E-state index in [1.807, 2.05) is 0 Å². The third-order valence-corrected chi connectivity index (χ3v) is 4.93.